The van der Waals surface area contributed by atoms with Crippen LogP contribution in [-0.4, -0.2) is 11.7 Å². The summed E-state index contributed by atoms with van der Waals surface area (Å²) in [4.78, 5) is 13.2. The first-order valence-corrected chi connectivity index (χ1v) is 7.64. The Morgan fingerprint density at radius 2 is 2.41 bits per heavy atom. The zero-order valence-corrected chi connectivity index (χ0v) is 11.8. The van der Waals surface area contributed by atoms with Crippen LogP contribution in [0.2, 0.25) is 0 Å². The average Bonchev–Trinajstić information content (AvgIpc) is 2.90. The number of hydrogen-bond donors (Lipinski definition) is 2. The van der Waals surface area contributed by atoms with Crippen molar-refractivity contribution in [1.29, 1.82) is 0 Å². The summed E-state index contributed by atoms with van der Waals surface area (Å²) in [6.07, 6.45) is 3.89. The van der Waals surface area contributed by atoms with Crippen molar-refractivity contribution in [2.45, 2.75) is 38.6 Å². The van der Waals surface area contributed by atoms with E-state index in [-0.39, 0.29) is 17.4 Å². The van der Waals surface area contributed by atoms with E-state index in [0.29, 0.717) is 6.42 Å². The topological polar surface area (TPSA) is 29.1 Å². The first-order chi connectivity index (χ1) is 8.19. The summed E-state index contributed by atoms with van der Waals surface area (Å²) < 4.78 is 0. The van der Waals surface area contributed by atoms with Crippen molar-refractivity contribution in [2.24, 2.45) is 5.41 Å². The summed E-state index contributed by atoms with van der Waals surface area (Å²) >= 11 is 6.04. The minimum atomic E-state index is 0.178. The highest BCUT2D eigenvalue weighted by atomic mass is 32.1. The number of thiol groups is 1. The second-order valence-electron chi connectivity index (χ2n) is 4.88. The molecule has 0 radical (unpaired) electrons. The first-order valence-electron chi connectivity index (χ1n) is 6.13. The Balaban J connectivity index is 1.89. The van der Waals surface area contributed by atoms with Crippen molar-refractivity contribution in [2.75, 3.05) is 5.75 Å². The van der Waals surface area contributed by atoms with E-state index < -0.39 is 0 Å². The maximum atomic E-state index is 12.0. The highest BCUT2D eigenvalue weighted by Crippen LogP contribution is 2.49. The van der Waals surface area contributed by atoms with Crippen LogP contribution >= 0.6 is 24.0 Å². The summed E-state index contributed by atoms with van der Waals surface area (Å²) in [7, 11) is 0. The molecule has 2 rings (SSSR count). The second-order valence-corrected chi connectivity index (χ2v) is 6.17. The van der Waals surface area contributed by atoms with E-state index in [0.717, 1.165) is 25.0 Å². The lowest BCUT2D eigenvalue weighted by Gasteiger charge is -2.18. The molecule has 0 aliphatic heterocycles. The third-order valence-electron chi connectivity index (χ3n) is 3.46. The van der Waals surface area contributed by atoms with Gasteiger partial charge in [-0.15, -0.1) is 11.3 Å². The van der Waals surface area contributed by atoms with Crippen molar-refractivity contribution in [1.82, 2.24) is 5.32 Å². The molecule has 0 saturated heterocycles. The van der Waals surface area contributed by atoms with Crippen molar-refractivity contribution in [3.05, 3.63) is 22.4 Å². The molecule has 1 heterocycles. The molecule has 4 heteroatoms. The lowest BCUT2D eigenvalue weighted by molar-refractivity contribution is -0.122. The number of hydrogen-bond acceptors (Lipinski definition) is 3. The van der Waals surface area contributed by atoms with Crippen LogP contribution in [0.1, 0.15) is 43.5 Å². The predicted octanol–water partition coefficient (Wildman–Crippen LogP) is 3.42. The fourth-order valence-electron chi connectivity index (χ4n) is 2.02. The van der Waals surface area contributed by atoms with E-state index in [2.05, 4.69) is 36.3 Å². The summed E-state index contributed by atoms with van der Waals surface area (Å²) in [5.41, 5.74) is 0.209. The maximum absolute atomic E-state index is 12.0. The van der Waals surface area contributed by atoms with Crippen LogP contribution in [0.4, 0.5) is 0 Å². The van der Waals surface area contributed by atoms with Crippen LogP contribution in [0.5, 0.6) is 0 Å². The molecular formula is C13H19NOS2. The number of rotatable bonds is 6. The Morgan fingerprint density at radius 3 is 2.88 bits per heavy atom. The summed E-state index contributed by atoms with van der Waals surface area (Å²) in [5.74, 6) is 1.01. The molecule has 1 amide bonds. The normalized spacial score (nSPS) is 18.7. The van der Waals surface area contributed by atoms with E-state index in [1.165, 1.54) is 4.88 Å². The number of nitrogens with one attached hydrogen (secondary N) is 1. The summed E-state index contributed by atoms with van der Waals surface area (Å²) in [6, 6.07) is 4.30. The zero-order chi connectivity index (χ0) is 12.3. The van der Waals surface area contributed by atoms with Crippen molar-refractivity contribution in [3.8, 4) is 0 Å². The Hall–Kier alpha value is -0.480. The monoisotopic (exact) mass is 269 g/mol. The van der Waals surface area contributed by atoms with Gasteiger partial charge in [-0.1, -0.05) is 13.0 Å². The minimum absolute atomic E-state index is 0.178. The lowest BCUT2D eigenvalue weighted by Crippen LogP contribution is -2.30. The van der Waals surface area contributed by atoms with E-state index in [1.807, 2.05) is 6.07 Å². The molecule has 1 fully saturated rings. The van der Waals surface area contributed by atoms with Gasteiger partial charge >= 0.3 is 0 Å². The number of carbonyl (C=O) groups excluding carboxylic acids is 1. The van der Waals surface area contributed by atoms with Crippen molar-refractivity contribution >= 4 is 29.9 Å². The predicted molar refractivity (Wildman–Crippen MR) is 75.6 cm³/mol. The third kappa shape index (κ3) is 3.26. The maximum Gasteiger partial charge on any atom is 0.221 e. The molecule has 94 valence electrons. The fraction of sp³-hybridized carbons (Fsp3) is 0.615. The van der Waals surface area contributed by atoms with Crippen molar-refractivity contribution < 1.29 is 4.79 Å². The molecule has 17 heavy (non-hydrogen) atoms. The highest BCUT2D eigenvalue weighted by molar-refractivity contribution is 7.80. The van der Waals surface area contributed by atoms with Gasteiger partial charge in [0.2, 0.25) is 5.91 Å². The fourth-order valence-corrected chi connectivity index (χ4v) is 3.31. The van der Waals surface area contributed by atoms with Gasteiger partial charge in [-0.2, -0.15) is 12.6 Å². The van der Waals surface area contributed by atoms with E-state index in [9.17, 15) is 4.79 Å². The number of carbonyl (C=O) groups is 1. The van der Waals surface area contributed by atoms with E-state index >= 15 is 0 Å². The first kappa shape index (κ1) is 13.0. The molecule has 1 N–H and O–H groups in total. The summed E-state index contributed by atoms with van der Waals surface area (Å²) in [5, 5.41) is 5.19. The molecule has 0 bridgehead atoms. The average molecular weight is 269 g/mol. The Bertz CT molecular complexity index is 371. The molecule has 1 aromatic heterocycles. The Labute approximate surface area is 112 Å². The highest BCUT2D eigenvalue weighted by Gasteiger charge is 2.43. The molecule has 0 spiro atoms. The number of amides is 1. The van der Waals surface area contributed by atoms with Gasteiger partial charge in [0.1, 0.15) is 0 Å². The third-order valence-corrected chi connectivity index (χ3v) is 5.11. The van der Waals surface area contributed by atoms with Gasteiger partial charge in [0.05, 0.1) is 6.04 Å². The molecule has 1 aromatic rings. The Kier molecular flexibility index (Phi) is 4.15. The van der Waals surface area contributed by atoms with Crippen LogP contribution in [-0.2, 0) is 4.79 Å². The standard InChI is InChI=1S/C13H19NOS2/c1-2-10(11-4-3-7-17-11)14-12(15)8-13(9-16)5-6-13/h3-4,7,10,16H,2,5-6,8-9H2,1H3,(H,14,15). The van der Waals surface area contributed by atoms with Crippen LogP contribution in [0, 0.1) is 5.41 Å². The van der Waals surface area contributed by atoms with Gasteiger partial charge in [0.25, 0.3) is 0 Å². The molecule has 1 unspecified atom stereocenters. The van der Waals surface area contributed by atoms with Gasteiger partial charge in [0.15, 0.2) is 0 Å². The summed E-state index contributed by atoms with van der Waals surface area (Å²) in [6.45, 7) is 2.11. The van der Waals surface area contributed by atoms with Crippen LogP contribution in [0.3, 0.4) is 0 Å². The molecule has 1 aliphatic rings. The zero-order valence-electron chi connectivity index (χ0n) is 10.1. The molecule has 2 nitrogen and oxygen atoms in total. The van der Waals surface area contributed by atoms with Crippen LogP contribution in [0.15, 0.2) is 17.5 Å². The largest absolute Gasteiger partial charge is 0.348 e. The van der Waals surface area contributed by atoms with Gasteiger partial charge in [0, 0.05) is 11.3 Å². The molecule has 0 aromatic carbocycles. The smallest absolute Gasteiger partial charge is 0.221 e. The van der Waals surface area contributed by atoms with Gasteiger partial charge in [-0.25, -0.2) is 0 Å². The molecule has 1 saturated carbocycles. The van der Waals surface area contributed by atoms with Gasteiger partial charge in [-0.05, 0) is 41.9 Å². The quantitative estimate of drug-likeness (QED) is 0.761. The number of thiophene rings is 1. The van der Waals surface area contributed by atoms with Crippen molar-refractivity contribution in [3.63, 3.8) is 0 Å². The van der Waals surface area contributed by atoms with Crippen LogP contribution in [0.25, 0.3) is 0 Å². The second kappa shape index (κ2) is 5.44. The van der Waals surface area contributed by atoms with Gasteiger partial charge in [-0.3, -0.25) is 4.79 Å². The van der Waals surface area contributed by atoms with E-state index in [1.54, 1.807) is 11.3 Å². The lowest BCUT2D eigenvalue weighted by atomic mass is 10.0. The molecular weight excluding hydrogens is 250 g/mol. The van der Waals surface area contributed by atoms with Gasteiger partial charge < -0.3 is 5.32 Å². The van der Waals surface area contributed by atoms with E-state index in [4.69, 9.17) is 0 Å². The molecule has 1 atom stereocenters. The molecule has 1 aliphatic carbocycles. The van der Waals surface area contributed by atoms with Crippen LogP contribution < -0.4 is 5.32 Å². The SMILES string of the molecule is CCC(NC(=O)CC1(CS)CC1)c1cccs1. The Morgan fingerprint density at radius 1 is 1.65 bits per heavy atom. The minimum Gasteiger partial charge on any atom is -0.348 e.